The molecule has 0 aliphatic rings. The molecule has 3 N–H and O–H groups in total. The summed E-state index contributed by atoms with van der Waals surface area (Å²) in [5.74, 6) is 0.862. The van der Waals surface area contributed by atoms with Gasteiger partial charge in [0.05, 0.1) is 13.2 Å². The largest absolute Gasteiger partial charge is 0.496 e. The van der Waals surface area contributed by atoms with E-state index >= 15 is 0 Å². The molecule has 0 aliphatic heterocycles. The first kappa shape index (κ1) is 14.0. The molecule has 2 unspecified atom stereocenters. The fraction of sp³-hybridized carbons (Fsp3) is 0.538. The third-order valence-electron chi connectivity index (χ3n) is 2.80. The second kappa shape index (κ2) is 7.27. The first-order valence-electron chi connectivity index (χ1n) is 5.82. The lowest BCUT2D eigenvalue weighted by Gasteiger charge is -2.21. The first-order valence-corrected chi connectivity index (χ1v) is 5.82. The Morgan fingerprint density at radius 3 is 2.59 bits per heavy atom. The number of hydrogen-bond acceptors (Lipinski definition) is 4. The Morgan fingerprint density at radius 2 is 2.00 bits per heavy atom. The zero-order valence-corrected chi connectivity index (χ0v) is 10.8. The Morgan fingerprint density at radius 1 is 1.29 bits per heavy atom. The SMILES string of the molecule is COc1ccccc1C(CN)NCC(C)OC. The van der Waals surface area contributed by atoms with E-state index in [4.69, 9.17) is 15.2 Å². The molecule has 0 amide bonds. The average Bonchev–Trinajstić information content (AvgIpc) is 2.39. The fourth-order valence-electron chi connectivity index (χ4n) is 1.67. The van der Waals surface area contributed by atoms with Crippen molar-refractivity contribution in [2.24, 2.45) is 5.73 Å². The van der Waals surface area contributed by atoms with Crippen LogP contribution in [0.15, 0.2) is 24.3 Å². The molecule has 4 nitrogen and oxygen atoms in total. The van der Waals surface area contributed by atoms with Crippen LogP contribution in [-0.2, 0) is 4.74 Å². The maximum absolute atomic E-state index is 5.80. The Balaban J connectivity index is 2.72. The summed E-state index contributed by atoms with van der Waals surface area (Å²) in [4.78, 5) is 0. The third-order valence-corrected chi connectivity index (χ3v) is 2.80. The van der Waals surface area contributed by atoms with Gasteiger partial charge in [0.25, 0.3) is 0 Å². The third kappa shape index (κ3) is 4.00. The number of nitrogens with one attached hydrogen (secondary N) is 1. The predicted molar refractivity (Wildman–Crippen MR) is 69.3 cm³/mol. The molecule has 0 radical (unpaired) electrons. The van der Waals surface area contributed by atoms with Crippen molar-refractivity contribution >= 4 is 0 Å². The highest BCUT2D eigenvalue weighted by Crippen LogP contribution is 2.23. The minimum atomic E-state index is 0.0868. The zero-order chi connectivity index (χ0) is 12.7. The van der Waals surface area contributed by atoms with Gasteiger partial charge in [-0.05, 0) is 13.0 Å². The van der Waals surface area contributed by atoms with E-state index in [1.807, 2.05) is 31.2 Å². The standard InChI is InChI=1S/C13H22N2O2/c1-10(16-2)9-15-12(8-14)11-6-4-5-7-13(11)17-3/h4-7,10,12,15H,8-9,14H2,1-3H3. The van der Waals surface area contributed by atoms with Gasteiger partial charge >= 0.3 is 0 Å². The minimum absolute atomic E-state index is 0.0868. The lowest BCUT2D eigenvalue weighted by molar-refractivity contribution is 0.114. The van der Waals surface area contributed by atoms with Gasteiger partial charge in [0.1, 0.15) is 5.75 Å². The lowest BCUT2D eigenvalue weighted by Crippen LogP contribution is -2.34. The van der Waals surface area contributed by atoms with Crippen molar-refractivity contribution in [1.29, 1.82) is 0 Å². The number of ether oxygens (including phenoxy) is 2. The van der Waals surface area contributed by atoms with Gasteiger partial charge in [-0.3, -0.25) is 0 Å². The van der Waals surface area contributed by atoms with Crippen LogP contribution in [0.4, 0.5) is 0 Å². The van der Waals surface area contributed by atoms with Gasteiger partial charge in [-0.1, -0.05) is 18.2 Å². The number of hydrogen-bond donors (Lipinski definition) is 2. The number of nitrogens with two attached hydrogens (primary N) is 1. The molecule has 1 aromatic rings. The summed E-state index contributed by atoms with van der Waals surface area (Å²) in [5, 5.41) is 3.38. The molecule has 0 heterocycles. The number of methoxy groups -OCH3 is 2. The molecule has 0 aromatic heterocycles. The molecule has 0 saturated heterocycles. The summed E-state index contributed by atoms with van der Waals surface area (Å²) in [5.41, 5.74) is 6.88. The Kier molecular flexibility index (Phi) is 5.97. The maximum atomic E-state index is 5.80. The van der Waals surface area contributed by atoms with E-state index in [2.05, 4.69) is 5.32 Å². The Hall–Kier alpha value is -1.10. The van der Waals surface area contributed by atoms with Crippen LogP contribution >= 0.6 is 0 Å². The second-order valence-electron chi connectivity index (χ2n) is 3.98. The van der Waals surface area contributed by atoms with E-state index in [-0.39, 0.29) is 12.1 Å². The summed E-state index contributed by atoms with van der Waals surface area (Å²) in [7, 11) is 3.37. The topological polar surface area (TPSA) is 56.5 Å². The van der Waals surface area contributed by atoms with Crippen LogP contribution < -0.4 is 15.8 Å². The molecule has 17 heavy (non-hydrogen) atoms. The van der Waals surface area contributed by atoms with Crippen LogP contribution in [-0.4, -0.2) is 33.4 Å². The summed E-state index contributed by atoms with van der Waals surface area (Å²) < 4.78 is 10.5. The highest BCUT2D eigenvalue weighted by atomic mass is 16.5. The number of para-hydroxylation sites is 1. The predicted octanol–water partition coefficient (Wildman–Crippen LogP) is 1.32. The van der Waals surface area contributed by atoms with Crippen LogP contribution in [0, 0.1) is 0 Å². The monoisotopic (exact) mass is 238 g/mol. The van der Waals surface area contributed by atoms with Crippen molar-refractivity contribution in [3.05, 3.63) is 29.8 Å². The van der Waals surface area contributed by atoms with Gasteiger partial charge in [-0.25, -0.2) is 0 Å². The van der Waals surface area contributed by atoms with Crippen molar-refractivity contribution in [1.82, 2.24) is 5.32 Å². The molecule has 0 aliphatic carbocycles. The molecular formula is C13H22N2O2. The summed E-state index contributed by atoms with van der Waals surface area (Å²) in [6.45, 7) is 3.30. The maximum Gasteiger partial charge on any atom is 0.123 e. The molecule has 2 atom stereocenters. The van der Waals surface area contributed by atoms with Crippen molar-refractivity contribution in [2.45, 2.75) is 19.1 Å². The molecule has 96 valence electrons. The second-order valence-corrected chi connectivity index (χ2v) is 3.98. The van der Waals surface area contributed by atoms with Gasteiger partial charge in [0, 0.05) is 31.8 Å². The molecule has 0 fully saturated rings. The van der Waals surface area contributed by atoms with Gasteiger partial charge < -0.3 is 20.5 Å². The van der Waals surface area contributed by atoms with Crippen molar-refractivity contribution in [3.63, 3.8) is 0 Å². The van der Waals surface area contributed by atoms with Gasteiger partial charge in [-0.2, -0.15) is 0 Å². The minimum Gasteiger partial charge on any atom is -0.496 e. The van der Waals surface area contributed by atoms with E-state index in [0.717, 1.165) is 17.9 Å². The first-order chi connectivity index (χ1) is 8.22. The number of rotatable bonds is 7. The number of benzene rings is 1. The lowest BCUT2D eigenvalue weighted by atomic mass is 10.1. The fourth-order valence-corrected chi connectivity index (χ4v) is 1.67. The van der Waals surface area contributed by atoms with E-state index in [9.17, 15) is 0 Å². The van der Waals surface area contributed by atoms with Crippen molar-refractivity contribution in [2.75, 3.05) is 27.3 Å². The molecule has 0 bridgehead atoms. The molecule has 4 heteroatoms. The van der Waals surface area contributed by atoms with E-state index in [1.165, 1.54) is 0 Å². The van der Waals surface area contributed by atoms with Crippen LogP contribution in [0.2, 0.25) is 0 Å². The van der Waals surface area contributed by atoms with Crippen molar-refractivity contribution < 1.29 is 9.47 Å². The molecule has 0 saturated carbocycles. The Labute approximate surface area is 103 Å². The van der Waals surface area contributed by atoms with E-state index in [1.54, 1.807) is 14.2 Å². The molecule has 1 rings (SSSR count). The zero-order valence-electron chi connectivity index (χ0n) is 10.8. The quantitative estimate of drug-likeness (QED) is 0.752. The van der Waals surface area contributed by atoms with Crippen LogP contribution in [0.3, 0.4) is 0 Å². The Bertz CT molecular complexity index is 331. The van der Waals surface area contributed by atoms with Crippen molar-refractivity contribution in [3.8, 4) is 5.75 Å². The highest BCUT2D eigenvalue weighted by molar-refractivity contribution is 5.36. The van der Waals surface area contributed by atoms with Crippen LogP contribution in [0.25, 0.3) is 0 Å². The van der Waals surface area contributed by atoms with E-state index < -0.39 is 0 Å². The molecule has 1 aromatic carbocycles. The van der Waals surface area contributed by atoms with Gasteiger partial charge in [0.2, 0.25) is 0 Å². The summed E-state index contributed by atoms with van der Waals surface area (Å²) in [6.07, 6.45) is 0.166. The van der Waals surface area contributed by atoms with Gasteiger partial charge in [0.15, 0.2) is 0 Å². The summed E-state index contributed by atoms with van der Waals surface area (Å²) in [6, 6.07) is 8.00. The smallest absolute Gasteiger partial charge is 0.123 e. The molecule has 0 spiro atoms. The van der Waals surface area contributed by atoms with Crippen LogP contribution in [0.5, 0.6) is 5.75 Å². The highest BCUT2D eigenvalue weighted by Gasteiger charge is 2.14. The van der Waals surface area contributed by atoms with E-state index in [0.29, 0.717) is 6.54 Å². The normalized spacial score (nSPS) is 14.4. The average molecular weight is 238 g/mol. The summed E-state index contributed by atoms with van der Waals surface area (Å²) >= 11 is 0. The van der Waals surface area contributed by atoms with Gasteiger partial charge in [-0.15, -0.1) is 0 Å². The van der Waals surface area contributed by atoms with Crippen LogP contribution in [0.1, 0.15) is 18.5 Å². The molecular weight excluding hydrogens is 216 g/mol.